The van der Waals surface area contributed by atoms with E-state index in [0.717, 1.165) is 22.9 Å². The Balaban J connectivity index is 1.81. The molecule has 1 amide bonds. The lowest BCUT2D eigenvalue weighted by atomic mass is 9.94. The van der Waals surface area contributed by atoms with E-state index in [1.165, 1.54) is 0 Å². The first-order chi connectivity index (χ1) is 17.1. The Bertz CT molecular complexity index is 1240. The number of esters is 1. The van der Waals surface area contributed by atoms with E-state index in [0.29, 0.717) is 12.5 Å². The number of nitrogens with one attached hydrogen (secondary N) is 2. The molecule has 0 aliphatic heterocycles. The van der Waals surface area contributed by atoms with Crippen LogP contribution in [0.5, 0.6) is 0 Å². The maximum Gasteiger partial charge on any atom is 0.421 e. The molecule has 9 heteroatoms. The summed E-state index contributed by atoms with van der Waals surface area (Å²) in [5.41, 5.74) is -0.201. The molecular formula is C27H27F3N2O4. The van der Waals surface area contributed by atoms with Crippen LogP contribution in [0.4, 0.5) is 13.2 Å². The fourth-order valence-electron chi connectivity index (χ4n) is 3.84. The fourth-order valence-corrected chi connectivity index (χ4v) is 3.84. The molecule has 1 heterocycles. The van der Waals surface area contributed by atoms with Crippen molar-refractivity contribution in [3.8, 4) is 11.1 Å². The Hall–Kier alpha value is -3.88. The van der Waals surface area contributed by atoms with Gasteiger partial charge in [-0.1, -0.05) is 61.5 Å². The van der Waals surface area contributed by atoms with Gasteiger partial charge in [0.15, 0.2) is 0 Å². The summed E-state index contributed by atoms with van der Waals surface area (Å²) in [6, 6.07) is 17.4. The van der Waals surface area contributed by atoms with Crippen molar-refractivity contribution >= 4 is 11.9 Å². The van der Waals surface area contributed by atoms with Gasteiger partial charge in [-0.3, -0.25) is 14.4 Å². The lowest BCUT2D eigenvalue weighted by Gasteiger charge is -2.22. The number of aromatic nitrogens is 1. The number of carbonyl (C=O) groups is 2. The maximum atomic E-state index is 13.1. The van der Waals surface area contributed by atoms with E-state index in [4.69, 9.17) is 4.74 Å². The molecule has 3 aromatic rings. The number of H-pyrrole nitrogens is 1. The standard InChI is InChI=1S/C27H27F3N2O4/c1-3-36-26(35)17(2)13-22(14-18-9-11-20(12-10-18)19-7-5-4-6-8-19)32-24(33)21-15-23(27(28,29)30)25(34)31-16-21/h4-12,15-17,22H,3,13-14H2,1-2H3,(H,31,34)(H,32,33)/t17-,22?/m1/s1. The van der Waals surface area contributed by atoms with Gasteiger partial charge in [-0.2, -0.15) is 13.2 Å². The molecule has 1 aromatic heterocycles. The van der Waals surface area contributed by atoms with Crippen molar-refractivity contribution in [3.05, 3.63) is 93.9 Å². The van der Waals surface area contributed by atoms with Gasteiger partial charge in [0.25, 0.3) is 11.5 Å². The molecule has 190 valence electrons. The molecule has 0 saturated heterocycles. The molecule has 0 fully saturated rings. The highest BCUT2D eigenvalue weighted by Crippen LogP contribution is 2.27. The van der Waals surface area contributed by atoms with Crippen molar-refractivity contribution in [2.45, 2.75) is 38.9 Å². The van der Waals surface area contributed by atoms with Crippen molar-refractivity contribution in [3.63, 3.8) is 0 Å². The van der Waals surface area contributed by atoms with E-state index in [1.807, 2.05) is 59.6 Å². The summed E-state index contributed by atoms with van der Waals surface area (Å²) in [5.74, 6) is -1.78. The Morgan fingerprint density at radius 2 is 1.67 bits per heavy atom. The van der Waals surface area contributed by atoms with Crippen molar-refractivity contribution in [1.82, 2.24) is 10.3 Å². The molecule has 36 heavy (non-hydrogen) atoms. The minimum atomic E-state index is -4.90. The van der Waals surface area contributed by atoms with Crippen LogP contribution in [0.25, 0.3) is 11.1 Å². The first-order valence-electron chi connectivity index (χ1n) is 11.5. The number of hydrogen-bond donors (Lipinski definition) is 2. The zero-order valence-corrected chi connectivity index (χ0v) is 19.9. The lowest BCUT2D eigenvalue weighted by Crippen LogP contribution is -2.39. The number of halogens is 3. The number of aromatic amines is 1. The summed E-state index contributed by atoms with van der Waals surface area (Å²) in [6.45, 7) is 3.56. The predicted molar refractivity (Wildman–Crippen MR) is 129 cm³/mol. The largest absolute Gasteiger partial charge is 0.466 e. The summed E-state index contributed by atoms with van der Waals surface area (Å²) in [7, 11) is 0. The molecule has 0 aliphatic rings. The number of hydrogen-bond acceptors (Lipinski definition) is 4. The SMILES string of the molecule is CCOC(=O)[C@H](C)CC(Cc1ccc(-c2ccccc2)cc1)NC(=O)c1c[nH]c(=O)c(C(F)(F)F)c1. The molecular weight excluding hydrogens is 473 g/mol. The Kier molecular flexibility index (Phi) is 8.68. The second kappa shape index (κ2) is 11.7. The van der Waals surface area contributed by atoms with Gasteiger partial charge in [0.1, 0.15) is 5.56 Å². The summed E-state index contributed by atoms with van der Waals surface area (Å²) in [6.07, 6.45) is -3.42. The van der Waals surface area contributed by atoms with Crippen molar-refractivity contribution in [2.75, 3.05) is 6.61 Å². The minimum Gasteiger partial charge on any atom is -0.466 e. The molecule has 0 spiro atoms. The lowest BCUT2D eigenvalue weighted by molar-refractivity contribution is -0.147. The fraction of sp³-hybridized carbons (Fsp3) is 0.296. The molecule has 0 bridgehead atoms. The zero-order valence-electron chi connectivity index (χ0n) is 19.9. The van der Waals surface area contributed by atoms with Gasteiger partial charge >= 0.3 is 12.1 Å². The Labute approximate surface area is 206 Å². The number of carbonyl (C=O) groups excluding carboxylic acids is 2. The van der Waals surface area contributed by atoms with Crippen LogP contribution < -0.4 is 10.9 Å². The highest BCUT2D eigenvalue weighted by atomic mass is 19.4. The van der Waals surface area contributed by atoms with Crippen LogP contribution in [0.3, 0.4) is 0 Å². The normalized spacial score (nSPS) is 13.0. The van der Waals surface area contributed by atoms with E-state index in [1.54, 1.807) is 13.8 Å². The maximum absolute atomic E-state index is 13.1. The van der Waals surface area contributed by atoms with E-state index >= 15 is 0 Å². The third-order valence-corrected chi connectivity index (χ3v) is 5.68. The van der Waals surface area contributed by atoms with Crippen molar-refractivity contribution in [2.24, 2.45) is 5.92 Å². The monoisotopic (exact) mass is 500 g/mol. The third-order valence-electron chi connectivity index (χ3n) is 5.68. The van der Waals surface area contributed by atoms with Gasteiger partial charge in [0.05, 0.1) is 18.1 Å². The predicted octanol–water partition coefficient (Wildman–Crippen LogP) is 4.99. The van der Waals surface area contributed by atoms with Gasteiger partial charge in [-0.05, 0) is 42.5 Å². The molecule has 3 rings (SSSR count). The van der Waals surface area contributed by atoms with Crippen molar-refractivity contribution < 1.29 is 27.5 Å². The van der Waals surface area contributed by atoms with Crippen LogP contribution in [0.2, 0.25) is 0 Å². The average molecular weight is 501 g/mol. The van der Waals surface area contributed by atoms with E-state index in [-0.39, 0.29) is 18.6 Å². The van der Waals surface area contributed by atoms with Crippen LogP contribution in [0, 0.1) is 5.92 Å². The highest BCUT2D eigenvalue weighted by molar-refractivity contribution is 5.94. The summed E-state index contributed by atoms with van der Waals surface area (Å²) >= 11 is 0. The zero-order chi connectivity index (χ0) is 26.3. The average Bonchev–Trinajstić information content (AvgIpc) is 2.84. The molecule has 0 radical (unpaired) electrons. The van der Waals surface area contributed by atoms with E-state index < -0.39 is 41.1 Å². The molecule has 2 aromatic carbocycles. The molecule has 0 saturated carbocycles. The van der Waals surface area contributed by atoms with E-state index in [9.17, 15) is 27.6 Å². The molecule has 2 atom stereocenters. The van der Waals surface area contributed by atoms with Crippen LogP contribution in [-0.4, -0.2) is 29.5 Å². The van der Waals surface area contributed by atoms with Gasteiger partial charge in [-0.15, -0.1) is 0 Å². The molecule has 2 N–H and O–H groups in total. The van der Waals surface area contributed by atoms with E-state index in [2.05, 4.69) is 5.32 Å². The minimum absolute atomic E-state index is 0.207. The molecule has 6 nitrogen and oxygen atoms in total. The van der Waals surface area contributed by atoms with Crippen molar-refractivity contribution in [1.29, 1.82) is 0 Å². The van der Waals surface area contributed by atoms with Crippen LogP contribution in [0.15, 0.2) is 71.7 Å². The summed E-state index contributed by atoms with van der Waals surface area (Å²) in [5, 5.41) is 2.72. The number of benzene rings is 2. The number of rotatable bonds is 9. The topological polar surface area (TPSA) is 88.3 Å². The van der Waals surface area contributed by atoms with Gasteiger partial charge in [0.2, 0.25) is 0 Å². The van der Waals surface area contributed by atoms with Crippen LogP contribution in [0.1, 0.15) is 41.8 Å². The van der Waals surface area contributed by atoms with Gasteiger partial charge < -0.3 is 15.0 Å². The molecule has 1 unspecified atom stereocenters. The smallest absolute Gasteiger partial charge is 0.421 e. The summed E-state index contributed by atoms with van der Waals surface area (Å²) in [4.78, 5) is 38.5. The van der Waals surface area contributed by atoms with Gasteiger partial charge in [-0.25, -0.2) is 0 Å². The first kappa shape index (κ1) is 26.7. The Morgan fingerprint density at radius 1 is 1.03 bits per heavy atom. The first-order valence-corrected chi connectivity index (χ1v) is 11.5. The number of alkyl halides is 3. The Morgan fingerprint density at radius 3 is 2.28 bits per heavy atom. The highest BCUT2D eigenvalue weighted by Gasteiger charge is 2.35. The van der Waals surface area contributed by atoms with Crippen LogP contribution in [-0.2, 0) is 22.1 Å². The molecule has 0 aliphatic carbocycles. The number of ether oxygens (including phenoxy) is 1. The number of amides is 1. The second-order valence-corrected chi connectivity index (χ2v) is 8.46. The van der Waals surface area contributed by atoms with Crippen LogP contribution >= 0.6 is 0 Å². The van der Waals surface area contributed by atoms with Gasteiger partial charge in [0, 0.05) is 12.2 Å². The third kappa shape index (κ3) is 7.07. The summed E-state index contributed by atoms with van der Waals surface area (Å²) < 4.78 is 44.4. The second-order valence-electron chi connectivity index (χ2n) is 8.46. The quantitative estimate of drug-likeness (QED) is 0.405. The number of pyridine rings is 1.